The van der Waals surface area contributed by atoms with E-state index in [0.29, 0.717) is 17.1 Å². The summed E-state index contributed by atoms with van der Waals surface area (Å²) in [4.78, 5) is 9.77. The summed E-state index contributed by atoms with van der Waals surface area (Å²) in [6.45, 7) is 9.07. The van der Waals surface area contributed by atoms with Crippen molar-refractivity contribution in [2.24, 2.45) is 0 Å². The number of fused-ring (bicyclic) bond motifs is 1. The quantitative estimate of drug-likeness (QED) is 0.614. The van der Waals surface area contributed by atoms with Gasteiger partial charge >= 0.3 is 0 Å². The number of hydrogen-bond donors (Lipinski definition) is 2. The number of rotatable bonds is 4. The lowest BCUT2D eigenvalue weighted by Gasteiger charge is -2.15. The molecule has 0 aliphatic heterocycles. The average Bonchev–Trinajstić information content (AvgIpc) is 2.97. The van der Waals surface area contributed by atoms with Gasteiger partial charge in [0.1, 0.15) is 22.8 Å². The van der Waals surface area contributed by atoms with E-state index in [2.05, 4.69) is 0 Å². The molecule has 5 nitrogen and oxygen atoms in total. The van der Waals surface area contributed by atoms with E-state index in [1.54, 1.807) is 24.3 Å². The first kappa shape index (κ1) is 18.6. The van der Waals surface area contributed by atoms with Crippen LogP contribution in [0.15, 0.2) is 34.7 Å². The fourth-order valence-electron chi connectivity index (χ4n) is 3.01. The highest BCUT2D eigenvalue weighted by Crippen LogP contribution is 2.40. The van der Waals surface area contributed by atoms with Crippen LogP contribution in [-0.2, 0) is 4.57 Å². The maximum Gasteiger partial charge on any atom is 0.260 e. The minimum atomic E-state index is -3.47. The molecule has 0 fully saturated rings. The zero-order valence-electron chi connectivity index (χ0n) is 15.5. The maximum absolute atomic E-state index is 11.9. The zero-order chi connectivity index (χ0) is 19.2. The van der Waals surface area contributed by atoms with Crippen LogP contribution in [0.4, 0.5) is 0 Å². The molecule has 0 aliphatic carbocycles. The SMILES string of the molecule is Cc1cc2oc(P(C)(=O)O)cc2c(C)c1Oc1ccc(O)c(C(C)C)c1. The monoisotopic (exact) mass is 374 g/mol. The summed E-state index contributed by atoms with van der Waals surface area (Å²) < 4.78 is 23.6. The van der Waals surface area contributed by atoms with Crippen LogP contribution in [0, 0.1) is 13.8 Å². The second-order valence-electron chi connectivity index (χ2n) is 7.00. The van der Waals surface area contributed by atoms with Crippen molar-refractivity contribution in [2.45, 2.75) is 33.6 Å². The Bertz CT molecular complexity index is 1030. The second kappa shape index (κ2) is 6.49. The topological polar surface area (TPSA) is 79.9 Å². The van der Waals surface area contributed by atoms with Crippen molar-refractivity contribution in [2.75, 3.05) is 6.66 Å². The van der Waals surface area contributed by atoms with Gasteiger partial charge in [-0.1, -0.05) is 13.8 Å². The van der Waals surface area contributed by atoms with Gasteiger partial charge in [-0.3, -0.25) is 4.57 Å². The van der Waals surface area contributed by atoms with Crippen LogP contribution in [0.1, 0.15) is 36.5 Å². The third kappa shape index (κ3) is 3.37. The van der Waals surface area contributed by atoms with Crippen molar-refractivity contribution in [3.63, 3.8) is 0 Å². The van der Waals surface area contributed by atoms with Crippen LogP contribution in [0.5, 0.6) is 17.2 Å². The largest absolute Gasteiger partial charge is 0.508 e. The van der Waals surface area contributed by atoms with Crippen molar-refractivity contribution < 1.29 is 23.7 Å². The molecule has 1 aromatic heterocycles. The number of aromatic hydroxyl groups is 1. The van der Waals surface area contributed by atoms with Gasteiger partial charge in [0.05, 0.1) is 0 Å². The smallest absolute Gasteiger partial charge is 0.260 e. The van der Waals surface area contributed by atoms with Gasteiger partial charge in [0.2, 0.25) is 0 Å². The van der Waals surface area contributed by atoms with Crippen LogP contribution in [-0.4, -0.2) is 16.7 Å². The number of ether oxygens (including phenoxy) is 1. The van der Waals surface area contributed by atoms with Gasteiger partial charge in [-0.15, -0.1) is 0 Å². The molecule has 0 aliphatic rings. The normalized spacial score (nSPS) is 14.0. The first-order valence-corrected chi connectivity index (χ1v) is 10.5. The molecular formula is C20H23O5P. The molecule has 0 bridgehead atoms. The third-order valence-corrected chi connectivity index (χ3v) is 5.49. The molecule has 0 saturated carbocycles. The average molecular weight is 374 g/mol. The molecule has 1 heterocycles. The summed E-state index contributed by atoms with van der Waals surface area (Å²) in [7, 11) is -3.47. The van der Waals surface area contributed by atoms with Crippen LogP contribution >= 0.6 is 7.37 Å². The third-order valence-electron chi connectivity index (χ3n) is 4.45. The fraction of sp³-hybridized carbons (Fsp3) is 0.300. The lowest BCUT2D eigenvalue weighted by Crippen LogP contribution is -1.97. The Labute approximate surface area is 152 Å². The van der Waals surface area contributed by atoms with Crippen molar-refractivity contribution >= 4 is 23.8 Å². The molecule has 2 aromatic carbocycles. The van der Waals surface area contributed by atoms with Gasteiger partial charge in [-0.25, -0.2) is 0 Å². The minimum absolute atomic E-state index is 0.0823. The Morgan fingerprint density at radius 3 is 2.46 bits per heavy atom. The van der Waals surface area contributed by atoms with Gasteiger partial charge in [0.15, 0.2) is 5.50 Å². The maximum atomic E-state index is 11.9. The predicted molar refractivity (Wildman–Crippen MR) is 103 cm³/mol. The van der Waals surface area contributed by atoms with Crippen molar-refractivity contribution in [1.82, 2.24) is 0 Å². The summed E-state index contributed by atoms with van der Waals surface area (Å²) in [5.74, 6) is 1.72. The molecule has 6 heteroatoms. The molecule has 0 amide bonds. The van der Waals surface area contributed by atoms with E-state index in [4.69, 9.17) is 9.15 Å². The lowest BCUT2D eigenvalue weighted by molar-refractivity contribution is 0.452. The lowest BCUT2D eigenvalue weighted by atomic mass is 10.0. The highest BCUT2D eigenvalue weighted by atomic mass is 31.2. The van der Waals surface area contributed by atoms with Gasteiger partial charge in [-0.05, 0) is 55.7 Å². The van der Waals surface area contributed by atoms with Crippen molar-refractivity contribution in [3.8, 4) is 17.2 Å². The van der Waals surface area contributed by atoms with E-state index in [1.165, 1.54) is 6.66 Å². The van der Waals surface area contributed by atoms with Crippen LogP contribution in [0.3, 0.4) is 0 Å². The molecular weight excluding hydrogens is 351 g/mol. The Morgan fingerprint density at radius 2 is 1.85 bits per heavy atom. The Hall–Kier alpha value is -2.23. The Morgan fingerprint density at radius 1 is 1.15 bits per heavy atom. The summed E-state index contributed by atoms with van der Waals surface area (Å²) in [6.07, 6.45) is 0. The summed E-state index contributed by atoms with van der Waals surface area (Å²) >= 11 is 0. The second-order valence-corrected chi connectivity index (χ2v) is 9.20. The Kier molecular flexibility index (Phi) is 4.63. The number of phenols is 1. The molecule has 0 saturated heterocycles. The fourth-order valence-corrected chi connectivity index (χ4v) is 3.65. The molecule has 138 valence electrons. The van der Waals surface area contributed by atoms with E-state index in [9.17, 15) is 14.6 Å². The zero-order valence-corrected chi connectivity index (χ0v) is 16.4. The van der Waals surface area contributed by atoms with Crippen molar-refractivity contribution in [3.05, 3.63) is 47.0 Å². The number of phenolic OH excluding ortho intramolecular Hbond substituents is 1. The summed E-state index contributed by atoms with van der Waals surface area (Å²) in [5.41, 5.74) is 3.16. The van der Waals surface area contributed by atoms with E-state index >= 15 is 0 Å². The number of furan rings is 1. The predicted octanol–water partition coefficient (Wildman–Crippen LogP) is 5.20. The van der Waals surface area contributed by atoms with E-state index < -0.39 is 7.37 Å². The molecule has 26 heavy (non-hydrogen) atoms. The highest BCUT2D eigenvalue weighted by molar-refractivity contribution is 7.64. The van der Waals surface area contributed by atoms with Crippen molar-refractivity contribution in [1.29, 1.82) is 0 Å². The van der Waals surface area contributed by atoms with Crippen LogP contribution in [0.25, 0.3) is 11.0 Å². The summed E-state index contributed by atoms with van der Waals surface area (Å²) in [5, 5.41) is 10.7. The molecule has 0 spiro atoms. The number of hydrogen-bond acceptors (Lipinski definition) is 4. The van der Waals surface area contributed by atoms with E-state index in [0.717, 1.165) is 22.1 Å². The van der Waals surface area contributed by atoms with Gasteiger partial charge in [0.25, 0.3) is 7.37 Å². The molecule has 3 aromatic rings. The molecule has 3 rings (SSSR count). The van der Waals surface area contributed by atoms with E-state index in [1.807, 2.05) is 33.8 Å². The molecule has 2 N–H and O–H groups in total. The van der Waals surface area contributed by atoms with Gasteiger partial charge in [0, 0.05) is 23.2 Å². The Balaban J connectivity index is 2.08. The van der Waals surface area contributed by atoms with Gasteiger partial charge in [-0.2, -0.15) is 0 Å². The minimum Gasteiger partial charge on any atom is -0.508 e. The highest BCUT2D eigenvalue weighted by Gasteiger charge is 2.22. The number of aryl methyl sites for hydroxylation is 2. The molecule has 0 radical (unpaired) electrons. The van der Waals surface area contributed by atoms with Crippen LogP contribution in [0.2, 0.25) is 0 Å². The van der Waals surface area contributed by atoms with E-state index in [-0.39, 0.29) is 17.2 Å². The molecule has 1 atom stereocenters. The van der Waals surface area contributed by atoms with Crippen LogP contribution < -0.4 is 10.2 Å². The van der Waals surface area contributed by atoms with Gasteiger partial charge < -0.3 is 19.2 Å². The summed E-state index contributed by atoms with van der Waals surface area (Å²) in [6, 6.07) is 8.59. The number of benzene rings is 2. The first-order valence-electron chi connectivity index (χ1n) is 8.43. The molecule has 1 unspecified atom stereocenters. The standard InChI is InChI=1S/C20H23O5P/c1-11(2)15-9-14(6-7-17(15)21)24-20-12(3)8-18-16(13(20)4)10-19(25-18)26(5,22)23/h6-11,21H,1-5H3,(H,22,23). The first-order chi connectivity index (χ1) is 12.1.